The highest BCUT2D eigenvalue weighted by Gasteiger charge is 2.38. The minimum atomic E-state index is -0.221. The van der Waals surface area contributed by atoms with Crippen molar-refractivity contribution in [2.45, 2.75) is 19.3 Å². The molecule has 1 N–H and O–H groups in total. The van der Waals surface area contributed by atoms with Crippen molar-refractivity contribution in [3.8, 4) is 0 Å². The van der Waals surface area contributed by atoms with Crippen LogP contribution in [-0.4, -0.2) is 12.4 Å². The van der Waals surface area contributed by atoms with E-state index in [9.17, 15) is 0 Å². The van der Waals surface area contributed by atoms with Crippen LogP contribution in [0, 0.1) is 5.41 Å². The minimum absolute atomic E-state index is 0.221. The third kappa shape index (κ3) is 2.16. The van der Waals surface area contributed by atoms with Crippen molar-refractivity contribution in [2.75, 3.05) is 0 Å². The summed E-state index contributed by atoms with van der Waals surface area (Å²) in [5.74, 6) is 0. The number of hydrogen-bond donors (Lipinski definition) is 1. The van der Waals surface area contributed by atoms with E-state index in [0.717, 1.165) is 38.4 Å². The van der Waals surface area contributed by atoms with Gasteiger partial charge in [0.2, 0.25) is 0 Å². The number of nitrogens with zero attached hydrogens (tertiary/aromatic N) is 1. The van der Waals surface area contributed by atoms with Crippen LogP contribution in [0.25, 0.3) is 5.57 Å². The number of rotatable bonds is 5. The molecule has 0 amide bonds. The molecule has 0 aliphatic heterocycles. The Morgan fingerprint density at radius 3 is 2.54 bits per heavy atom. The van der Waals surface area contributed by atoms with Gasteiger partial charge >= 0.3 is 0 Å². The number of aliphatic imine (C=N–C) groups is 1. The first-order valence-corrected chi connectivity index (χ1v) is 8.62. The van der Waals surface area contributed by atoms with Gasteiger partial charge in [-0.3, -0.25) is 10.4 Å². The van der Waals surface area contributed by atoms with E-state index in [2.05, 4.69) is 44.8 Å². The molecule has 2 nitrogen and oxygen atoms in total. The van der Waals surface area contributed by atoms with Gasteiger partial charge in [-0.1, -0.05) is 57.4 Å². The summed E-state index contributed by atoms with van der Waals surface area (Å²) in [7, 11) is 0. The first-order valence-electron chi connectivity index (χ1n) is 7.74. The lowest BCUT2D eigenvalue weighted by Crippen LogP contribution is -2.20. The van der Waals surface area contributed by atoms with Crippen LogP contribution >= 0.6 is 11.3 Å². The van der Waals surface area contributed by atoms with E-state index in [1.54, 1.807) is 0 Å². The van der Waals surface area contributed by atoms with E-state index in [0.29, 0.717) is 5.71 Å². The van der Waals surface area contributed by atoms with Crippen LogP contribution in [0.2, 0.25) is 0 Å². The smallest absolute Gasteiger partial charge is 0.124 e. The molecule has 0 saturated carbocycles. The summed E-state index contributed by atoms with van der Waals surface area (Å²) < 4.78 is 0. The number of allylic oxidation sites excluding steroid dienone is 4. The third-order valence-corrected chi connectivity index (χ3v) is 5.52. The van der Waals surface area contributed by atoms with E-state index in [4.69, 9.17) is 5.41 Å². The van der Waals surface area contributed by atoms with Crippen LogP contribution in [0.1, 0.15) is 36.1 Å². The third-order valence-electron chi connectivity index (χ3n) is 4.68. The van der Waals surface area contributed by atoms with Crippen molar-refractivity contribution in [3.63, 3.8) is 0 Å². The van der Waals surface area contributed by atoms with Gasteiger partial charge in [0.05, 0.1) is 5.71 Å². The molecule has 0 unspecified atom stereocenters. The van der Waals surface area contributed by atoms with Gasteiger partial charge in [-0.05, 0) is 40.4 Å². The van der Waals surface area contributed by atoms with Gasteiger partial charge in [0, 0.05) is 16.5 Å². The molecule has 3 heteroatoms. The van der Waals surface area contributed by atoms with Gasteiger partial charge in [0.15, 0.2) is 0 Å². The Kier molecular flexibility index (Phi) is 3.98. The van der Waals surface area contributed by atoms with Crippen molar-refractivity contribution >= 4 is 34.3 Å². The molecular formula is C21H20N2S. The highest BCUT2D eigenvalue weighted by Crippen LogP contribution is 2.49. The molecule has 0 atom stereocenters. The van der Waals surface area contributed by atoms with Gasteiger partial charge < -0.3 is 0 Å². The van der Waals surface area contributed by atoms with Crippen LogP contribution in [0.5, 0.6) is 0 Å². The summed E-state index contributed by atoms with van der Waals surface area (Å²) in [6.07, 6.45) is 3.80. The summed E-state index contributed by atoms with van der Waals surface area (Å²) in [5, 5.41) is 11.5. The number of fused-ring (bicyclic) bond motifs is 1. The van der Waals surface area contributed by atoms with Crippen molar-refractivity contribution in [2.24, 2.45) is 4.99 Å². The Bertz CT molecular complexity index is 910. The molecule has 24 heavy (non-hydrogen) atoms. The average molecular weight is 332 g/mol. The zero-order chi connectivity index (χ0) is 17.5. The number of nitrogens with one attached hydrogen (secondary N) is 1. The molecule has 1 heterocycles. The maximum Gasteiger partial charge on any atom is 0.124 e. The molecule has 0 radical (unpaired) electrons. The van der Waals surface area contributed by atoms with Crippen LogP contribution in [0.4, 0.5) is 5.00 Å². The quantitative estimate of drug-likeness (QED) is 0.661. The molecule has 0 saturated heterocycles. The van der Waals surface area contributed by atoms with E-state index < -0.39 is 0 Å². The number of hydrogen-bond acceptors (Lipinski definition) is 3. The Morgan fingerprint density at radius 1 is 1.17 bits per heavy atom. The molecule has 1 aliphatic carbocycles. The number of thiophene rings is 1. The second kappa shape index (κ2) is 5.84. The lowest BCUT2D eigenvalue weighted by molar-refractivity contribution is 0.653. The molecule has 0 spiro atoms. The molecule has 3 rings (SSSR count). The lowest BCUT2D eigenvalue weighted by Gasteiger charge is -2.25. The highest BCUT2D eigenvalue weighted by molar-refractivity contribution is 7.14. The van der Waals surface area contributed by atoms with E-state index in [1.165, 1.54) is 11.3 Å². The highest BCUT2D eigenvalue weighted by atomic mass is 32.1. The van der Waals surface area contributed by atoms with Crippen LogP contribution in [-0.2, 0) is 5.41 Å². The van der Waals surface area contributed by atoms with Crippen molar-refractivity contribution in [3.05, 3.63) is 82.8 Å². The van der Waals surface area contributed by atoms with Gasteiger partial charge in [-0.25, -0.2) is 0 Å². The zero-order valence-electron chi connectivity index (χ0n) is 14.0. The van der Waals surface area contributed by atoms with Crippen molar-refractivity contribution < 1.29 is 0 Å². The summed E-state index contributed by atoms with van der Waals surface area (Å²) in [6, 6.07) is 8.05. The fourth-order valence-corrected chi connectivity index (χ4v) is 4.32. The first kappa shape index (κ1) is 16.3. The predicted octanol–water partition coefficient (Wildman–Crippen LogP) is 5.91. The summed E-state index contributed by atoms with van der Waals surface area (Å²) in [4.78, 5) is 4.05. The monoisotopic (exact) mass is 332 g/mol. The van der Waals surface area contributed by atoms with Crippen LogP contribution in [0.3, 0.4) is 0 Å². The van der Waals surface area contributed by atoms with Crippen LogP contribution < -0.4 is 0 Å². The average Bonchev–Trinajstić information content (AvgIpc) is 3.14. The predicted molar refractivity (Wildman–Crippen MR) is 106 cm³/mol. The molecule has 1 aromatic heterocycles. The fourth-order valence-electron chi connectivity index (χ4n) is 3.62. The standard InChI is InChI=1S/C21H20N2S/c1-6-13-14-9-8-10-15(18(14)21(3,4)17(13)7-2)19(22)16-11-12-24-20(16)23-5/h6-12,22H,1-2,5H2,3-4H3. The Labute approximate surface area is 147 Å². The largest absolute Gasteiger partial charge is 0.300 e. The fraction of sp³-hybridized carbons (Fsp3) is 0.143. The lowest BCUT2D eigenvalue weighted by atomic mass is 9.77. The van der Waals surface area contributed by atoms with E-state index in [1.807, 2.05) is 35.7 Å². The number of benzene rings is 1. The first-order chi connectivity index (χ1) is 11.5. The molecule has 2 aromatic rings. The SMILES string of the molecule is C=CC1=C(C=C)C(C)(C)c2c(C(=N)c3ccsc3N=C)cccc21. The molecular weight excluding hydrogens is 312 g/mol. The Morgan fingerprint density at radius 2 is 1.92 bits per heavy atom. The summed E-state index contributed by atoms with van der Waals surface area (Å²) >= 11 is 1.50. The Balaban J connectivity index is 2.25. The van der Waals surface area contributed by atoms with Gasteiger partial charge in [-0.15, -0.1) is 11.3 Å². The van der Waals surface area contributed by atoms with Gasteiger partial charge in [0.1, 0.15) is 5.00 Å². The normalized spacial score (nSPS) is 15.1. The molecule has 120 valence electrons. The maximum absolute atomic E-state index is 8.77. The molecule has 0 bridgehead atoms. The topological polar surface area (TPSA) is 36.2 Å². The zero-order valence-corrected chi connectivity index (χ0v) is 14.8. The maximum atomic E-state index is 8.77. The van der Waals surface area contributed by atoms with E-state index >= 15 is 0 Å². The van der Waals surface area contributed by atoms with E-state index in [-0.39, 0.29) is 5.41 Å². The van der Waals surface area contributed by atoms with Gasteiger partial charge in [0.25, 0.3) is 0 Å². The molecule has 1 aliphatic rings. The second-order valence-corrected chi connectivity index (χ2v) is 7.16. The summed E-state index contributed by atoms with van der Waals surface area (Å²) in [5.41, 5.74) is 6.56. The molecule has 1 aromatic carbocycles. The minimum Gasteiger partial charge on any atom is -0.300 e. The molecule has 0 fully saturated rings. The summed E-state index contributed by atoms with van der Waals surface area (Å²) in [6.45, 7) is 15.9. The van der Waals surface area contributed by atoms with Crippen LogP contribution in [0.15, 0.2) is 65.5 Å². The van der Waals surface area contributed by atoms with Crippen molar-refractivity contribution in [1.82, 2.24) is 0 Å². The second-order valence-electron chi connectivity index (χ2n) is 6.26. The van der Waals surface area contributed by atoms with Gasteiger partial charge in [-0.2, -0.15) is 0 Å². The Hall–Kier alpha value is -2.52. The van der Waals surface area contributed by atoms with Crippen molar-refractivity contribution in [1.29, 1.82) is 5.41 Å².